The van der Waals surface area contributed by atoms with Crippen LogP contribution in [-0.2, 0) is 18.3 Å². The molecule has 11 heteroatoms. The zero-order valence-electron chi connectivity index (χ0n) is 12.1. The minimum Gasteiger partial charge on any atom is -0.756 e. The lowest BCUT2D eigenvalue weighted by Gasteiger charge is -2.22. The van der Waals surface area contributed by atoms with Crippen molar-refractivity contribution in [2.75, 3.05) is 13.7 Å². The number of phosphoric ester groups is 1. The molecule has 1 amide bonds. The third-order valence-electron chi connectivity index (χ3n) is 3.36. The highest BCUT2D eigenvalue weighted by Crippen LogP contribution is 2.38. The fourth-order valence-corrected chi connectivity index (χ4v) is 2.56. The summed E-state index contributed by atoms with van der Waals surface area (Å²) in [6.45, 7) is -0.528. The molecule has 5 atom stereocenters. The van der Waals surface area contributed by atoms with Crippen LogP contribution in [0.5, 0.6) is 0 Å². The summed E-state index contributed by atoms with van der Waals surface area (Å²) in [4.78, 5) is 22.3. The summed E-state index contributed by atoms with van der Waals surface area (Å²) >= 11 is 0. The molecule has 1 aromatic rings. The minimum absolute atomic E-state index is 0.181. The third kappa shape index (κ3) is 4.12. The van der Waals surface area contributed by atoms with Crippen LogP contribution < -0.4 is 15.2 Å². The topological polar surface area (TPSA) is 155 Å². The summed E-state index contributed by atoms with van der Waals surface area (Å²) in [6, 6.07) is 2.99. The Balaban J connectivity index is 2.12. The molecule has 0 aliphatic carbocycles. The third-order valence-corrected chi connectivity index (χ3v) is 4.27. The number of nitrogens with zero attached hydrogens (tertiary/aromatic N) is 1. The van der Waals surface area contributed by atoms with Gasteiger partial charge >= 0.3 is 0 Å². The Hall–Kier alpha value is -1.39. The molecule has 0 radical (unpaired) electrons. The van der Waals surface area contributed by atoms with Gasteiger partial charge in [0.15, 0.2) is 18.5 Å². The fraction of sp³-hybridized carbons (Fsp3) is 0.500. The molecule has 1 aromatic heterocycles. The molecule has 2 rings (SSSR count). The lowest BCUT2D eigenvalue weighted by molar-refractivity contribution is -0.765. The molecule has 4 N–H and O–H groups in total. The van der Waals surface area contributed by atoms with Gasteiger partial charge in [0, 0.05) is 13.2 Å². The van der Waals surface area contributed by atoms with Crippen LogP contribution in [0.3, 0.4) is 0 Å². The molecule has 10 nitrogen and oxygen atoms in total. The van der Waals surface area contributed by atoms with E-state index in [9.17, 15) is 24.5 Å². The van der Waals surface area contributed by atoms with Crippen molar-refractivity contribution in [3.05, 3.63) is 30.1 Å². The Labute approximate surface area is 131 Å². The van der Waals surface area contributed by atoms with Gasteiger partial charge in [0.25, 0.3) is 20.0 Å². The van der Waals surface area contributed by atoms with E-state index in [-0.39, 0.29) is 5.56 Å². The maximum absolute atomic E-state index is 11.2. The number of amides is 1. The Morgan fingerprint density at radius 2 is 2.22 bits per heavy atom. The van der Waals surface area contributed by atoms with Crippen LogP contribution in [0.4, 0.5) is 0 Å². The average molecular weight is 348 g/mol. The van der Waals surface area contributed by atoms with Crippen molar-refractivity contribution in [1.82, 2.24) is 0 Å². The zero-order chi connectivity index (χ0) is 17.2. The molecule has 0 aromatic carbocycles. The van der Waals surface area contributed by atoms with Gasteiger partial charge in [-0.15, -0.1) is 0 Å². The van der Waals surface area contributed by atoms with Crippen molar-refractivity contribution >= 4 is 13.7 Å². The van der Waals surface area contributed by atoms with Gasteiger partial charge in [0.05, 0.1) is 6.61 Å². The number of aliphatic hydroxyl groups excluding tert-OH is 2. The van der Waals surface area contributed by atoms with Gasteiger partial charge in [-0.25, -0.2) is 0 Å². The van der Waals surface area contributed by atoms with Crippen molar-refractivity contribution in [1.29, 1.82) is 0 Å². The van der Waals surface area contributed by atoms with Crippen LogP contribution in [0.15, 0.2) is 24.5 Å². The fourth-order valence-electron chi connectivity index (χ4n) is 2.13. The number of nitrogens with two attached hydrogens (primary N) is 1. The lowest BCUT2D eigenvalue weighted by Crippen LogP contribution is -2.46. The van der Waals surface area contributed by atoms with Crippen LogP contribution in [-0.4, -0.2) is 48.1 Å². The SMILES string of the molecule is COP(=O)([O-])OCC1OC([n+]2cccc(C(N)=O)c2)[C@H](O)[C@@H]1O. The summed E-state index contributed by atoms with van der Waals surface area (Å²) in [7, 11) is -3.54. The van der Waals surface area contributed by atoms with E-state index in [2.05, 4.69) is 9.05 Å². The van der Waals surface area contributed by atoms with Gasteiger partial charge in [-0.1, -0.05) is 0 Å². The number of carbonyl (C=O) groups is 1. The molecule has 128 valence electrons. The van der Waals surface area contributed by atoms with Crippen molar-refractivity contribution < 1.29 is 42.8 Å². The van der Waals surface area contributed by atoms with E-state index in [0.29, 0.717) is 0 Å². The molecule has 2 heterocycles. The van der Waals surface area contributed by atoms with Crippen LogP contribution >= 0.6 is 7.82 Å². The number of carbonyl (C=O) groups excluding carboxylic acids is 1. The number of primary amides is 1. The highest BCUT2D eigenvalue weighted by Gasteiger charge is 2.48. The van der Waals surface area contributed by atoms with Gasteiger partial charge in [0.1, 0.15) is 17.8 Å². The van der Waals surface area contributed by atoms with Gasteiger partial charge in [-0.2, -0.15) is 4.57 Å². The van der Waals surface area contributed by atoms with Crippen LogP contribution in [0.25, 0.3) is 0 Å². The molecule has 3 unspecified atom stereocenters. The average Bonchev–Trinajstić information content (AvgIpc) is 2.81. The Bertz CT molecular complexity index is 627. The van der Waals surface area contributed by atoms with Gasteiger partial charge in [0.2, 0.25) is 0 Å². The molecule has 1 aliphatic rings. The molecule has 1 aliphatic heterocycles. The molecule has 0 spiro atoms. The second-order valence-electron chi connectivity index (χ2n) is 4.88. The quantitative estimate of drug-likeness (QED) is 0.387. The van der Waals surface area contributed by atoms with E-state index in [0.717, 1.165) is 7.11 Å². The molecule has 0 bridgehead atoms. The Kier molecular flexibility index (Phi) is 5.48. The summed E-state index contributed by atoms with van der Waals surface area (Å²) in [6.07, 6.45) is -2.03. The highest BCUT2D eigenvalue weighted by atomic mass is 31.2. The van der Waals surface area contributed by atoms with Gasteiger partial charge < -0.3 is 34.6 Å². The van der Waals surface area contributed by atoms with Crippen molar-refractivity contribution in [2.24, 2.45) is 5.73 Å². The van der Waals surface area contributed by atoms with Crippen LogP contribution in [0.1, 0.15) is 16.6 Å². The van der Waals surface area contributed by atoms with Crippen molar-refractivity contribution in [3.8, 4) is 0 Å². The molecular weight excluding hydrogens is 331 g/mol. The van der Waals surface area contributed by atoms with E-state index in [1.165, 1.54) is 29.1 Å². The minimum atomic E-state index is -4.48. The smallest absolute Gasteiger partial charge is 0.292 e. The maximum atomic E-state index is 11.2. The number of ether oxygens (including phenoxy) is 1. The predicted octanol–water partition coefficient (Wildman–Crippen LogP) is -2.18. The number of hydrogen-bond donors (Lipinski definition) is 3. The largest absolute Gasteiger partial charge is 0.756 e. The monoisotopic (exact) mass is 348 g/mol. The molecular formula is C12H17N2O8P. The van der Waals surface area contributed by atoms with Crippen LogP contribution in [0, 0.1) is 0 Å². The van der Waals surface area contributed by atoms with E-state index < -0.39 is 44.9 Å². The van der Waals surface area contributed by atoms with Crippen molar-refractivity contribution in [2.45, 2.75) is 24.5 Å². The first-order valence-electron chi connectivity index (χ1n) is 6.58. The van der Waals surface area contributed by atoms with Gasteiger partial charge in [-0.3, -0.25) is 9.36 Å². The first kappa shape index (κ1) is 18.0. The van der Waals surface area contributed by atoms with Gasteiger partial charge in [-0.05, 0) is 6.07 Å². The van der Waals surface area contributed by atoms with E-state index in [1.54, 1.807) is 0 Å². The van der Waals surface area contributed by atoms with E-state index >= 15 is 0 Å². The first-order valence-corrected chi connectivity index (χ1v) is 8.05. The second-order valence-corrected chi connectivity index (χ2v) is 6.39. The number of phosphoric acid groups is 1. The normalized spacial score (nSPS) is 30.1. The van der Waals surface area contributed by atoms with Crippen LogP contribution in [0.2, 0.25) is 0 Å². The molecule has 0 saturated carbocycles. The number of rotatable bonds is 6. The molecule has 23 heavy (non-hydrogen) atoms. The van der Waals surface area contributed by atoms with E-state index in [4.69, 9.17) is 10.5 Å². The second kappa shape index (κ2) is 7.02. The zero-order valence-corrected chi connectivity index (χ0v) is 13.0. The van der Waals surface area contributed by atoms with E-state index in [1.807, 2.05) is 0 Å². The number of pyridine rings is 1. The summed E-state index contributed by atoms with van der Waals surface area (Å²) in [5.41, 5.74) is 5.36. The molecule has 1 fully saturated rings. The summed E-state index contributed by atoms with van der Waals surface area (Å²) < 4.78 is 26.6. The maximum Gasteiger partial charge on any atom is 0.292 e. The summed E-state index contributed by atoms with van der Waals surface area (Å²) in [5.74, 6) is -0.667. The van der Waals surface area contributed by atoms with Crippen molar-refractivity contribution in [3.63, 3.8) is 0 Å². The summed E-state index contributed by atoms with van der Waals surface area (Å²) in [5, 5.41) is 20.0. The Morgan fingerprint density at radius 3 is 2.83 bits per heavy atom. The number of aliphatic hydroxyl groups is 2. The number of hydrogen-bond acceptors (Lipinski definition) is 8. The molecule has 1 saturated heterocycles. The predicted molar refractivity (Wildman–Crippen MR) is 71.6 cm³/mol. The first-order chi connectivity index (χ1) is 10.7. The Morgan fingerprint density at radius 1 is 1.52 bits per heavy atom. The lowest BCUT2D eigenvalue weighted by atomic mass is 10.1. The highest BCUT2D eigenvalue weighted by molar-refractivity contribution is 7.45. The standard InChI is InChI=1S/C12H17N2O8P/c1-20-23(18,19)21-6-8-9(15)10(16)12(22-8)14-4-2-3-7(5-14)11(13)17/h2-5,8-10,12,15-16H,6H2,1H3,(H2-,13,17,18,19)/t8?,9-,10-,12?/m1/s1. The number of aromatic nitrogens is 1.